The molecule has 0 heterocycles. The van der Waals surface area contributed by atoms with E-state index in [9.17, 15) is 15.0 Å². The Morgan fingerprint density at radius 1 is 1.47 bits per heavy atom. The lowest BCUT2D eigenvalue weighted by Gasteiger charge is -2.29. The molecular weight excluding hydrogens is 286 g/mol. The van der Waals surface area contributed by atoms with Crippen molar-refractivity contribution in [3.63, 3.8) is 0 Å². The molecule has 4 nitrogen and oxygen atoms in total. The second-order valence-electron chi connectivity index (χ2n) is 4.51. The van der Waals surface area contributed by atoms with Gasteiger partial charge in [-0.2, -0.15) is 0 Å². The normalized spacial score (nSPS) is 13.2. The summed E-state index contributed by atoms with van der Waals surface area (Å²) in [4.78, 5) is 11.9. The molecule has 17 heavy (non-hydrogen) atoms. The zero-order chi connectivity index (χ0) is 13.2. The summed E-state index contributed by atoms with van der Waals surface area (Å²) in [5.74, 6) is -0.515. The fourth-order valence-corrected chi connectivity index (χ4v) is 1.51. The molecule has 1 amide bonds. The Hall–Kier alpha value is -1.07. The highest BCUT2D eigenvalue weighted by Crippen LogP contribution is 2.23. The standard InChI is InChI=1S/C12H16BrNO3/c1-7(15)12(2,3)14-11(17)9-5-4-8(13)6-10(9)16/h4-7,15-16H,1-3H3,(H,14,17). The summed E-state index contributed by atoms with van der Waals surface area (Å²) in [6.45, 7) is 5.03. The maximum atomic E-state index is 11.9. The lowest BCUT2D eigenvalue weighted by molar-refractivity contribution is 0.0707. The zero-order valence-electron chi connectivity index (χ0n) is 9.99. The number of aliphatic hydroxyl groups is 1. The molecule has 0 aromatic heterocycles. The molecule has 0 aliphatic rings. The minimum atomic E-state index is -0.753. The van der Waals surface area contributed by atoms with Gasteiger partial charge in [-0.3, -0.25) is 4.79 Å². The number of halogens is 1. The molecule has 1 aromatic carbocycles. The molecule has 0 fully saturated rings. The zero-order valence-corrected chi connectivity index (χ0v) is 11.6. The van der Waals surface area contributed by atoms with Crippen molar-refractivity contribution in [3.8, 4) is 5.75 Å². The van der Waals surface area contributed by atoms with E-state index >= 15 is 0 Å². The summed E-state index contributed by atoms with van der Waals surface area (Å²) in [5, 5.41) is 21.8. The van der Waals surface area contributed by atoms with Crippen molar-refractivity contribution in [2.75, 3.05) is 0 Å². The van der Waals surface area contributed by atoms with E-state index in [1.54, 1.807) is 26.8 Å². The summed E-state index contributed by atoms with van der Waals surface area (Å²) >= 11 is 3.20. The highest BCUT2D eigenvalue weighted by Gasteiger charge is 2.27. The molecule has 5 heteroatoms. The Morgan fingerprint density at radius 3 is 2.53 bits per heavy atom. The Morgan fingerprint density at radius 2 is 2.06 bits per heavy atom. The molecule has 1 rings (SSSR count). The second kappa shape index (κ2) is 5.06. The van der Waals surface area contributed by atoms with Crippen LogP contribution in [0.3, 0.4) is 0 Å². The molecule has 3 N–H and O–H groups in total. The Kier molecular flexibility index (Phi) is 4.16. The monoisotopic (exact) mass is 301 g/mol. The number of phenolic OH excluding ortho intramolecular Hbond substituents is 1. The fraction of sp³-hybridized carbons (Fsp3) is 0.417. The van der Waals surface area contributed by atoms with E-state index in [-0.39, 0.29) is 11.3 Å². The average Bonchev–Trinajstić information content (AvgIpc) is 2.15. The van der Waals surface area contributed by atoms with Crippen molar-refractivity contribution >= 4 is 21.8 Å². The van der Waals surface area contributed by atoms with E-state index in [0.717, 1.165) is 0 Å². The molecule has 1 atom stereocenters. The fourth-order valence-electron chi connectivity index (χ4n) is 1.16. The predicted octanol–water partition coefficient (Wildman–Crippen LogP) is 2.04. The molecule has 94 valence electrons. The van der Waals surface area contributed by atoms with Gasteiger partial charge in [-0.25, -0.2) is 0 Å². The van der Waals surface area contributed by atoms with Gasteiger partial charge in [-0.05, 0) is 39.0 Å². The molecule has 0 aliphatic heterocycles. The van der Waals surface area contributed by atoms with Gasteiger partial charge in [-0.1, -0.05) is 15.9 Å². The molecule has 0 saturated carbocycles. The number of aromatic hydroxyl groups is 1. The van der Waals surface area contributed by atoms with Gasteiger partial charge in [0.2, 0.25) is 0 Å². The summed E-state index contributed by atoms with van der Waals surface area (Å²) in [6, 6.07) is 4.64. The van der Waals surface area contributed by atoms with E-state index in [4.69, 9.17) is 0 Å². The number of carbonyl (C=O) groups excluding carboxylic acids is 1. The smallest absolute Gasteiger partial charge is 0.255 e. The number of benzene rings is 1. The van der Waals surface area contributed by atoms with Crippen LogP contribution in [0.2, 0.25) is 0 Å². The van der Waals surface area contributed by atoms with Crippen molar-refractivity contribution < 1.29 is 15.0 Å². The van der Waals surface area contributed by atoms with Gasteiger partial charge in [0.25, 0.3) is 5.91 Å². The molecule has 0 saturated heterocycles. The molecule has 0 spiro atoms. The first-order valence-corrected chi connectivity index (χ1v) is 6.02. The Labute approximate surface area is 109 Å². The summed E-state index contributed by atoms with van der Waals surface area (Å²) < 4.78 is 0.696. The number of phenols is 1. The number of nitrogens with one attached hydrogen (secondary N) is 1. The molecule has 0 bridgehead atoms. The highest BCUT2D eigenvalue weighted by molar-refractivity contribution is 9.10. The Balaban J connectivity index is 2.91. The van der Waals surface area contributed by atoms with Gasteiger partial charge in [0.1, 0.15) is 5.75 Å². The third-order valence-corrected chi connectivity index (χ3v) is 3.18. The van der Waals surface area contributed by atoms with Crippen LogP contribution in [0, 0.1) is 0 Å². The number of carbonyl (C=O) groups is 1. The molecule has 0 aliphatic carbocycles. The third kappa shape index (κ3) is 3.44. The van der Waals surface area contributed by atoms with Crippen molar-refractivity contribution in [2.24, 2.45) is 0 Å². The quantitative estimate of drug-likeness (QED) is 0.800. The van der Waals surface area contributed by atoms with Crippen LogP contribution in [-0.4, -0.2) is 27.8 Å². The summed E-state index contributed by atoms with van der Waals surface area (Å²) in [7, 11) is 0. The van der Waals surface area contributed by atoms with Crippen LogP contribution in [0.15, 0.2) is 22.7 Å². The first kappa shape index (κ1) is 14.0. The average molecular weight is 302 g/mol. The van der Waals surface area contributed by atoms with Crippen LogP contribution >= 0.6 is 15.9 Å². The number of amides is 1. The molecule has 0 radical (unpaired) electrons. The SMILES string of the molecule is CC(O)C(C)(C)NC(=O)c1ccc(Br)cc1O. The van der Waals surface area contributed by atoms with E-state index in [1.165, 1.54) is 12.1 Å². The van der Waals surface area contributed by atoms with E-state index in [0.29, 0.717) is 4.47 Å². The van der Waals surface area contributed by atoms with Crippen molar-refractivity contribution in [2.45, 2.75) is 32.4 Å². The molecule has 1 aromatic rings. The third-order valence-electron chi connectivity index (χ3n) is 2.68. The van der Waals surface area contributed by atoms with Crippen molar-refractivity contribution in [1.82, 2.24) is 5.32 Å². The number of aliphatic hydroxyl groups excluding tert-OH is 1. The van der Waals surface area contributed by atoms with Gasteiger partial charge in [-0.15, -0.1) is 0 Å². The van der Waals surface area contributed by atoms with E-state index < -0.39 is 17.6 Å². The van der Waals surface area contributed by atoms with Gasteiger partial charge in [0.05, 0.1) is 17.2 Å². The van der Waals surface area contributed by atoms with E-state index in [1.807, 2.05) is 0 Å². The molecular formula is C12H16BrNO3. The maximum Gasteiger partial charge on any atom is 0.255 e. The maximum absolute atomic E-state index is 11.9. The minimum Gasteiger partial charge on any atom is -0.507 e. The van der Waals surface area contributed by atoms with Crippen molar-refractivity contribution in [1.29, 1.82) is 0 Å². The van der Waals surface area contributed by atoms with Gasteiger partial charge in [0.15, 0.2) is 0 Å². The summed E-state index contributed by atoms with van der Waals surface area (Å²) in [6.07, 6.45) is -0.691. The number of hydrogen-bond acceptors (Lipinski definition) is 3. The highest BCUT2D eigenvalue weighted by atomic mass is 79.9. The number of hydrogen-bond donors (Lipinski definition) is 3. The summed E-state index contributed by atoms with van der Waals surface area (Å²) in [5.41, 5.74) is -0.571. The number of rotatable bonds is 3. The van der Waals surface area contributed by atoms with Crippen LogP contribution in [0.1, 0.15) is 31.1 Å². The van der Waals surface area contributed by atoms with Crippen molar-refractivity contribution in [3.05, 3.63) is 28.2 Å². The Bertz CT molecular complexity index is 430. The first-order valence-electron chi connectivity index (χ1n) is 5.23. The second-order valence-corrected chi connectivity index (χ2v) is 5.43. The van der Waals surface area contributed by atoms with Crippen LogP contribution < -0.4 is 5.32 Å². The first-order chi connectivity index (χ1) is 7.74. The van der Waals surface area contributed by atoms with Crippen LogP contribution in [-0.2, 0) is 0 Å². The van der Waals surface area contributed by atoms with Crippen LogP contribution in [0.5, 0.6) is 5.75 Å². The van der Waals surface area contributed by atoms with Gasteiger partial charge in [0, 0.05) is 4.47 Å². The minimum absolute atomic E-state index is 0.0988. The topological polar surface area (TPSA) is 69.6 Å². The predicted molar refractivity (Wildman–Crippen MR) is 69.0 cm³/mol. The van der Waals surface area contributed by atoms with Gasteiger partial charge >= 0.3 is 0 Å². The lowest BCUT2D eigenvalue weighted by Crippen LogP contribution is -2.50. The van der Waals surface area contributed by atoms with Crippen LogP contribution in [0.25, 0.3) is 0 Å². The molecule has 1 unspecified atom stereocenters. The van der Waals surface area contributed by atoms with E-state index in [2.05, 4.69) is 21.2 Å². The van der Waals surface area contributed by atoms with Crippen LogP contribution in [0.4, 0.5) is 0 Å². The van der Waals surface area contributed by atoms with Gasteiger partial charge < -0.3 is 15.5 Å². The lowest BCUT2D eigenvalue weighted by atomic mass is 9.98. The largest absolute Gasteiger partial charge is 0.507 e.